The topological polar surface area (TPSA) is 0 Å². The second-order valence-corrected chi connectivity index (χ2v) is 5.04. The van der Waals surface area contributed by atoms with Crippen molar-refractivity contribution in [1.82, 2.24) is 0 Å². The second-order valence-electron chi connectivity index (χ2n) is 5.04. The molecule has 0 aromatic rings. The molecule has 0 nitrogen and oxygen atoms in total. The first-order valence-corrected chi connectivity index (χ1v) is 6.28. The molecule has 2 aliphatic rings. The van der Waals surface area contributed by atoms with E-state index in [1.807, 2.05) is 0 Å². The molecule has 0 unspecified atom stereocenters. The van der Waals surface area contributed by atoms with Gasteiger partial charge in [-0.15, -0.1) is 5.73 Å². The normalized spacial score (nSPS) is 23.7. The molecule has 0 N–H and O–H groups in total. The predicted molar refractivity (Wildman–Crippen MR) is 63.9 cm³/mol. The summed E-state index contributed by atoms with van der Waals surface area (Å²) in [6.45, 7) is 4.58. The Morgan fingerprint density at radius 1 is 0.929 bits per heavy atom. The van der Waals surface area contributed by atoms with Crippen molar-refractivity contribution in [3.63, 3.8) is 0 Å². The molecule has 14 heavy (non-hydrogen) atoms. The molecule has 0 spiro atoms. The largest absolute Gasteiger partial charge is 0.182 e. The molecule has 0 bridgehead atoms. The fraction of sp³-hybridized carbons (Fsp3) is 0.769. The van der Waals surface area contributed by atoms with Crippen LogP contribution in [0.1, 0.15) is 51.4 Å². The van der Waals surface area contributed by atoms with Gasteiger partial charge in [0, 0.05) is 0 Å². The van der Waals surface area contributed by atoms with E-state index in [0.29, 0.717) is 0 Å². The first-order valence-electron chi connectivity index (χ1n) is 6.28. The summed E-state index contributed by atoms with van der Waals surface area (Å²) in [7, 11) is 0. The van der Waals surface area contributed by atoms with Gasteiger partial charge in [-0.3, -0.25) is 0 Å². The predicted octanol–water partition coefficient (Wildman–Crippen LogP) is 4.25. The minimum absolute atomic E-state index is 0.817. The van der Waals surface area contributed by atoms with E-state index >= 15 is 0 Å². The highest BCUT2D eigenvalue weighted by atomic mass is 14.2. The van der Waals surface area contributed by atoms with Crippen molar-refractivity contribution >= 4 is 6.71 Å². The Balaban J connectivity index is 2.01. The third kappa shape index (κ3) is 2.15. The summed E-state index contributed by atoms with van der Waals surface area (Å²) < 4.78 is 0. The highest BCUT2D eigenvalue weighted by Gasteiger charge is 2.34. The van der Waals surface area contributed by atoms with Crippen molar-refractivity contribution in [3.05, 3.63) is 18.3 Å². The van der Waals surface area contributed by atoms with Crippen LogP contribution >= 0.6 is 0 Å². The molecular weight excluding hydrogens is 167 g/mol. The van der Waals surface area contributed by atoms with Crippen molar-refractivity contribution in [2.45, 2.75) is 63.0 Å². The van der Waals surface area contributed by atoms with E-state index in [1.165, 1.54) is 51.4 Å². The maximum Gasteiger partial charge on any atom is 0.182 e. The van der Waals surface area contributed by atoms with Gasteiger partial charge in [-0.05, 0) is 0 Å². The zero-order valence-electron chi connectivity index (χ0n) is 9.17. The van der Waals surface area contributed by atoms with Gasteiger partial charge in [-0.2, -0.15) is 0 Å². The summed E-state index contributed by atoms with van der Waals surface area (Å²) in [6, 6.07) is 0. The number of hydrogen-bond acceptors (Lipinski definition) is 0. The molecule has 1 heteroatoms. The maximum absolute atomic E-state index is 3.76. The maximum atomic E-state index is 3.76. The fourth-order valence-electron chi connectivity index (χ4n) is 3.48. The molecule has 0 radical (unpaired) electrons. The van der Waals surface area contributed by atoms with E-state index < -0.39 is 0 Å². The Hall–Kier alpha value is -0.415. The SMILES string of the molecule is C=C=CB(C1CCCC1)C1CCCC1. The lowest BCUT2D eigenvalue weighted by molar-refractivity contribution is 0.781. The Morgan fingerprint density at radius 2 is 1.36 bits per heavy atom. The molecule has 0 saturated heterocycles. The molecule has 0 atom stereocenters. The van der Waals surface area contributed by atoms with Crippen LogP contribution in [-0.2, 0) is 0 Å². The molecule has 2 saturated carbocycles. The monoisotopic (exact) mass is 188 g/mol. The Labute approximate surface area is 88.6 Å². The standard InChI is InChI=1S/C13H21B/c1-2-11-14(12-7-3-4-8-12)13-9-5-6-10-13/h11-13H,1,3-10H2. The highest BCUT2D eigenvalue weighted by Crippen LogP contribution is 2.43. The van der Waals surface area contributed by atoms with Crippen LogP contribution in [0.2, 0.25) is 11.6 Å². The van der Waals surface area contributed by atoms with E-state index in [4.69, 9.17) is 0 Å². The van der Waals surface area contributed by atoms with E-state index in [-0.39, 0.29) is 0 Å². The second kappa shape index (κ2) is 4.89. The number of rotatable bonds is 3. The summed E-state index contributed by atoms with van der Waals surface area (Å²) in [5, 5.41) is 0. The van der Waals surface area contributed by atoms with Gasteiger partial charge in [0.05, 0.1) is 0 Å². The molecule has 0 aromatic carbocycles. The van der Waals surface area contributed by atoms with Gasteiger partial charge >= 0.3 is 0 Å². The quantitative estimate of drug-likeness (QED) is 0.458. The molecule has 0 aliphatic heterocycles. The van der Waals surface area contributed by atoms with Crippen molar-refractivity contribution in [2.24, 2.45) is 0 Å². The zero-order chi connectivity index (χ0) is 9.80. The van der Waals surface area contributed by atoms with E-state index in [2.05, 4.69) is 18.3 Å². The lowest BCUT2D eigenvalue weighted by Gasteiger charge is -2.21. The molecule has 2 fully saturated rings. The minimum atomic E-state index is 0.817. The fourth-order valence-corrected chi connectivity index (χ4v) is 3.48. The summed E-state index contributed by atoms with van der Waals surface area (Å²) in [5.41, 5.74) is 3.05. The Kier molecular flexibility index (Phi) is 3.53. The first-order chi connectivity index (χ1) is 6.92. The van der Waals surface area contributed by atoms with Crippen LogP contribution in [0.4, 0.5) is 0 Å². The van der Waals surface area contributed by atoms with Crippen LogP contribution in [-0.4, -0.2) is 6.71 Å². The molecule has 2 aliphatic carbocycles. The molecular formula is C13H21B. The van der Waals surface area contributed by atoms with Gasteiger partial charge in [-0.25, -0.2) is 0 Å². The van der Waals surface area contributed by atoms with Crippen LogP contribution in [0, 0.1) is 0 Å². The molecule has 0 aromatic heterocycles. The third-order valence-corrected chi connectivity index (χ3v) is 4.20. The summed E-state index contributed by atoms with van der Waals surface area (Å²) in [5.74, 6) is 4.21. The van der Waals surface area contributed by atoms with Gasteiger partial charge in [0.2, 0.25) is 0 Å². The van der Waals surface area contributed by atoms with E-state index in [0.717, 1.165) is 18.3 Å². The molecule has 2 rings (SSSR count). The Bertz CT molecular complexity index is 199. The van der Waals surface area contributed by atoms with Gasteiger partial charge < -0.3 is 0 Å². The van der Waals surface area contributed by atoms with Crippen LogP contribution in [0.15, 0.2) is 18.3 Å². The smallest absolute Gasteiger partial charge is 0.143 e. The summed E-state index contributed by atoms with van der Waals surface area (Å²) in [6.07, 6.45) is 11.7. The minimum Gasteiger partial charge on any atom is -0.143 e. The average Bonchev–Trinajstić information content (AvgIpc) is 2.87. The van der Waals surface area contributed by atoms with Crippen LogP contribution < -0.4 is 0 Å². The molecule has 76 valence electrons. The van der Waals surface area contributed by atoms with Crippen molar-refractivity contribution in [2.75, 3.05) is 0 Å². The first kappa shape index (κ1) is 10.1. The van der Waals surface area contributed by atoms with Crippen molar-refractivity contribution < 1.29 is 0 Å². The lowest BCUT2D eigenvalue weighted by atomic mass is 9.33. The van der Waals surface area contributed by atoms with Crippen molar-refractivity contribution in [3.8, 4) is 0 Å². The van der Waals surface area contributed by atoms with Crippen LogP contribution in [0.25, 0.3) is 0 Å². The van der Waals surface area contributed by atoms with Gasteiger partial charge in [0.25, 0.3) is 0 Å². The number of hydrogen-bond donors (Lipinski definition) is 0. The van der Waals surface area contributed by atoms with E-state index in [9.17, 15) is 0 Å². The van der Waals surface area contributed by atoms with Gasteiger partial charge in [0.1, 0.15) is 0 Å². The average molecular weight is 188 g/mol. The lowest BCUT2D eigenvalue weighted by Crippen LogP contribution is -2.22. The molecule has 0 amide bonds. The summed E-state index contributed by atoms with van der Waals surface area (Å²) >= 11 is 0. The summed E-state index contributed by atoms with van der Waals surface area (Å²) in [4.78, 5) is 0. The van der Waals surface area contributed by atoms with E-state index in [1.54, 1.807) is 0 Å². The van der Waals surface area contributed by atoms with Gasteiger partial charge in [-0.1, -0.05) is 75.6 Å². The van der Waals surface area contributed by atoms with Gasteiger partial charge in [0.15, 0.2) is 6.71 Å². The molecule has 0 heterocycles. The third-order valence-electron chi connectivity index (χ3n) is 4.20. The zero-order valence-corrected chi connectivity index (χ0v) is 9.17. The highest BCUT2D eigenvalue weighted by molar-refractivity contribution is 6.67. The van der Waals surface area contributed by atoms with Crippen LogP contribution in [0.3, 0.4) is 0 Å². The van der Waals surface area contributed by atoms with Crippen LogP contribution in [0.5, 0.6) is 0 Å². The Morgan fingerprint density at radius 3 is 1.71 bits per heavy atom. The van der Waals surface area contributed by atoms with Crippen molar-refractivity contribution in [1.29, 1.82) is 0 Å².